The predicted octanol–water partition coefficient (Wildman–Crippen LogP) is 1.88. The maximum atomic E-state index is 10.6. The molecule has 5 heteroatoms. The topological polar surface area (TPSA) is 71.7 Å². The molecule has 1 rings (SSSR count). The summed E-state index contributed by atoms with van der Waals surface area (Å²) in [5.74, 6) is -0.371. The van der Waals surface area contributed by atoms with Gasteiger partial charge in [-0.3, -0.25) is 0 Å². The van der Waals surface area contributed by atoms with Crippen molar-refractivity contribution in [2.24, 2.45) is 0 Å². The number of aromatic carboxylic acids is 1. The van der Waals surface area contributed by atoms with Crippen LogP contribution >= 0.6 is 0 Å². The lowest BCUT2D eigenvalue weighted by Gasteiger charge is -2.24. The number of furan rings is 1. The van der Waals surface area contributed by atoms with Gasteiger partial charge in [0.15, 0.2) is 0 Å². The fraction of sp³-hybridized carbons (Fsp3) is 0.583. The first-order chi connectivity index (χ1) is 7.94. The Morgan fingerprint density at radius 1 is 1.59 bits per heavy atom. The minimum Gasteiger partial charge on any atom is -0.478 e. The summed E-state index contributed by atoms with van der Waals surface area (Å²) >= 11 is 0. The molecule has 0 spiro atoms. The van der Waals surface area contributed by atoms with Gasteiger partial charge < -0.3 is 19.6 Å². The number of hydrogen-bond donors (Lipinski definition) is 2. The van der Waals surface area contributed by atoms with Crippen LogP contribution < -0.4 is 5.32 Å². The number of carboxylic acids is 1. The van der Waals surface area contributed by atoms with E-state index in [1.165, 1.54) is 12.3 Å². The van der Waals surface area contributed by atoms with Gasteiger partial charge in [-0.05, 0) is 26.8 Å². The van der Waals surface area contributed by atoms with E-state index in [1.807, 2.05) is 20.8 Å². The number of carbonyl (C=O) groups is 1. The molecule has 1 aromatic heterocycles. The van der Waals surface area contributed by atoms with Crippen LogP contribution in [0.2, 0.25) is 0 Å². The molecule has 0 atom stereocenters. The second-order valence-corrected chi connectivity index (χ2v) is 4.40. The van der Waals surface area contributed by atoms with Gasteiger partial charge in [0.25, 0.3) is 0 Å². The fourth-order valence-electron chi connectivity index (χ4n) is 1.51. The minimum atomic E-state index is -0.977. The Morgan fingerprint density at radius 2 is 2.29 bits per heavy atom. The maximum Gasteiger partial charge on any atom is 0.338 e. The lowest BCUT2D eigenvalue weighted by atomic mass is 10.1. The van der Waals surface area contributed by atoms with Crippen LogP contribution in [0.1, 0.15) is 36.9 Å². The normalized spacial score (nSPS) is 11.7. The van der Waals surface area contributed by atoms with Gasteiger partial charge in [-0.2, -0.15) is 0 Å². The van der Waals surface area contributed by atoms with Crippen molar-refractivity contribution in [2.75, 3.05) is 13.2 Å². The van der Waals surface area contributed by atoms with Crippen LogP contribution in [0.25, 0.3) is 0 Å². The smallest absolute Gasteiger partial charge is 0.338 e. The zero-order chi connectivity index (χ0) is 12.9. The van der Waals surface area contributed by atoms with Gasteiger partial charge in [-0.1, -0.05) is 0 Å². The Kier molecular flexibility index (Phi) is 4.72. The molecule has 1 aromatic rings. The van der Waals surface area contributed by atoms with Crippen LogP contribution in [-0.4, -0.2) is 29.8 Å². The largest absolute Gasteiger partial charge is 0.478 e. The summed E-state index contributed by atoms with van der Waals surface area (Å²) in [5, 5.41) is 11.9. The van der Waals surface area contributed by atoms with E-state index in [0.29, 0.717) is 25.5 Å². The van der Waals surface area contributed by atoms with E-state index < -0.39 is 5.97 Å². The second kappa shape index (κ2) is 5.84. The van der Waals surface area contributed by atoms with E-state index in [1.54, 1.807) is 0 Å². The van der Waals surface area contributed by atoms with Crippen LogP contribution in [0.3, 0.4) is 0 Å². The van der Waals surface area contributed by atoms with Crippen LogP contribution in [0.5, 0.6) is 0 Å². The SMILES string of the molecule is CCOC(C)(C)CNCc1cc(C(=O)O)co1. The van der Waals surface area contributed by atoms with Gasteiger partial charge >= 0.3 is 5.97 Å². The molecule has 96 valence electrons. The first kappa shape index (κ1) is 13.7. The number of ether oxygens (including phenoxy) is 1. The first-order valence-electron chi connectivity index (χ1n) is 5.60. The summed E-state index contributed by atoms with van der Waals surface area (Å²) in [6.07, 6.45) is 1.24. The standard InChI is InChI=1S/C12H19NO4/c1-4-17-12(2,3)8-13-6-10-5-9(7-16-10)11(14)15/h5,7,13H,4,6,8H2,1-3H3,(H,14,15). The molecular formula is C12H19NO4. The molecule has 0 radical (unpaired) electrons. The second-order valence-electron chi connectivity index (χ2n) is 4.40. The van der Waals surface area contributed by atoms with Crippen molar-refractivity contribution < 1.29 is 19.1 Å². The molecule has 0 aliphatic carbocycles. The summed E-state index contributed by atoms with van der Waals surface area (Å²) < 4.78 is 10.6. The molecule has 0 amide bonds. The molecule has 17 heavy (non-hydrogen) atoms. The zero-order valence-electron chi connectivity index (χ0n) is 10.4. The number of rotatable bonds is 7. The van der Waals surface area contributed by atoms with Crippen molar-refractivity contribution in [1.82, 2.24) is 5.32 Å². The lowest BCUT2D eigenvalue weighted by molar-refractivity contribution is -0.00920. The molecule has 1 heterocycles. The third-order valence-corrected chi connectivity index (χ3v) is 2.29. The molecule has 2 N–H and O–H groups in total. The Hall–Kier alpha value is -1.33. The van der Waals surface area contributed by atoms with Crippen molar-refractivity contribution >= 4 is 5.97 Å². The third kappa shape index (κ3) is 4.58. The Balaban J connectivity index is 2.38. The third-order valence-electron chi connectivity index (χ3n) is 2.29. The van der Waals surface area contributed by atoms with Gasteiger partial charge in [0.05, 0.1) is 17.7 Å². The van der Waals surface area contributed by atoms with Crippen molar-refractivity contribution in [3.63, 3.8) is 0 Å². The quantitative estimate of drug-likeness (QED) is 0.762. The molecule has 0 unspecified atom stereocenters. The number of carboxylic acid groups (broad SMARTS) is 1. The highest BCUT2D eigenvalue weighted by molar-refractivity contribution is 5.87. The lowest BCUT2D eigenvalue weighted by Crippen LogP contribution is -2.37. The molecule has 0 aromatic carbocycles. The van der Waals surface area contributed by atoms with Crippen molar-refractivity contribution in [1.29, 1.82) is 0 Å². The van der Waals surface area contributed by atoms with E-state index in [4.69, 9.17) is 14.3 Å². The summed E-state index contributed by atoms with van der Waals surface area (Å²) in [6.45, 7) is 7.77. The molecule has 0 aliphatic rings. The van der Waals surface area contributed by atoms with Crippen molar-refractivity contribution in [2.45, 2.75) is 32.9 Å². The molecule has 0 bridgehead atoms. The van der Waals surface area contributed by atoms with Gasteiger partial charge in [0.2, 0.25) is 0 Å². The summed E-state index contributed by atoms with van der Waals surface area (Å²) in [7, 11) is 0. The average molecular weight is 241 g/mol. The van der Waals surface area contributed by atoms with Crippen LogP contribution in [0, 0.1) is 0 Å². The summed E-state index contributed by atoms with van der Waals surface area (Å²) in [6, 6.07) is 1.52. The number of hydrogen-bond acceptors (Lipinski definition) is 4. The van der Waals surface area contributed by atoms with Gasteiger partial charge in [-0.15, -0.1) is 0 Å². The van der Waals surface area contributed by atoms with Crippen LogP contribution in [0.4, 0.5) is 0 Å². The maximum absolute atomic E-state index is 10.6. The summed E-state index contributed by atoms with van der Waals surface area (Å²) in [4.78, 5) is 10.6. The number of nitrogens with one attached hydrogen (secondary N) is 1. The van der Waals surface area contributed by atoms with Crippen molar-refractivity contribution in [3.8, 4) is 0 Å². The zero-order valence-corrected chi connectivity index (χ0v) is 10.4. The highest BCUT2D eigenvalue weighted by Crippen LogP contribution is 2.10. The van der Waals surface area contributed by atoms with Gasteiger partial charge in [-0.25, -0.2) is 4.79 Å². The highest BCUT2D eigenvalue weighted by Gasteiger charge is 2.17. The van der Waals surface area contributed by atoms with E-state index in [9.17, 15) is 4.79 Å². The monoisotopic (exact) mass is 241 g/mol. The Morgan fingerprint density at radius 3 is 2.82 bits per heavy atom. The van der Waals surface area contributed by atoms with Crippen molar-refractivity contribution in [3.05, 3.63) is 23.7 Å². The van der Waals surface area contributed by atoms with Gasteiger partial charge in [0.1, 0.15) is 12.0 Å². The average Bonchev–Trinajstić information content (AvgIpc) is 2.66. The van der Waals surface area contributed by atoms with Gasteiger partial charge in [0, 0.05) is 13.2 Å². The first-order valence-corrected chi connectivity index (χ1v) is 5.60. The van der Waals surface area contributed by atoms with Crippen LogP contribution in [-0.2, 0) is 11.3 Å². The Bertz CT molecular complexity index is 370. The molecule has 0 saturated carbocycles. The predicted molar refractivity (Wildman–Crippen MR) is 63.1 cm³/mol. The molecule has 0 fully saturated rings. The van der Waals surface area contributed by atoms with E-state index in [2.05, 4.69) is 5.32 Å². The minimum absolute atomic E-state index is 0.172. The molecule has 0 aliphatic heterocycles. The highest BCUT2D eigenvalue weighted by atomic mass is 16.5. The van der Waals surface area contributed by atoms with E-state index in [-0.39, 0.29) is 11.2 Å². The van der Waals surface area contributed by atoms with Crippen LogP contribution in [0.15, 0.2) is 16.7 Å². The molecule has 0 saturated heterocycles. The van der Waals surface area contributed by atoms with E-state index in [0.717, 1.165) is 0 Å². The summed E-state index contributed by atoms with van der Waals surface area (Å²) in [5.41, 5.74) is -0.0670. The van der Waals surface area contributed by atoms with E-state index >= 15 is 0 Å². The molecular weight excluding hydrogens is 222 g/mol. The molecule has 5 nitrogen and oxygen atoms in total. The Labute approximate surface area is 101 Å². The fourth-order valence-corrected chi connectivity index (χ4v) is 1.51.